The van der Waals surface area contributed by atoms with Crippen LogP contribution in [0.3, 0.4) is 0 Å². The number of hydrogen-bond donors (Lipinski definition) is 2. The van der Waals surface area contributed by atoms with Gasteiger partial charge in [0.25, 0.3) is 5.91 Å². The van der Waals surface area contributed by atoms with Crippen LogP contribution in [0.25, 0.3) is 0 Å². The van der Waals surface area contributed by atoms with E-state index in [1.165, 1.54) is 17.7 Å². The van der Waals surface area contributed by atoms with Crippen LogP contribution >= 0.6 is 0 Å². The van der Waals surface area contributed by atoms with E-state index in [2.05, 4.69) is 39.4 Å². The van der Waals surface area contributed by atoms with Gasteiger partial charge < -0.3 is 15.0 Å². The lowest BCUT2D eigenvalue weighted by Gasteiger charge is -2.34. The molecule has 2 N–H and O–H groups in total. The normalized spacial score (nSPS) is 17.4. The summed E-state index contributed by atoms with van der Waals surface area (Å²) in [5, 5.41) is 12.5. The molecule has 2 aliphatic heterocycles. The number of hydrogen-bond acceptors (Lipinski definition) is 5. The second kappa shape index (κ2) is 9.05. The Balaban J connectivity index is 1.22. The third kappa shape index (κ3) is 4.84. The summed E-state index contributed by atoms with van der Waals surface area (Å²) < 4.78 is 19.3. The molecule has 0 radical (unpaired) electrons. The van der Waals surface area contributed by atoms with E-state index >= 15 is 0 Å². The number of amides is 1. The predicted molar refractivity (Wildman–Crippen MR) is 109 cm³/mol. The predicted octanol–water partition coefficient (Wildman–Crippen LogP) is 0.591. The van der Waals surface area contributed by atoms with E-state index in [-0.39, 0.29) is 12.2 Å². The minimum Gasteiger partial charge on any atom is -0.423 e. The maximum Gasteiger partial charge on any atom is 0.491 e. The fraction of sp³-hybridized carbons (Fsp3) is 0.381. The largest absolute Gasteiger partial charge is 0.491 e. The fourth-order valence-corrected chi connectivity index (χ4v) is 3.85. The van der Waals surface area contributed by atoms with Gasteiger partial charge in [0.05, 0.1) is 12.2 Å². The topological polar surface area (TPSA) is 65.0 Å². The van der Waals surface area contributed by atoms with E-state index < -0.39 is 18.8 Å². The molecule has 0 atom stereocenters. The van der Waals surface area contributed by atoms with E-state index in [1.807, 2.05) is 6.07 Å². The molecule has 2 aromatic carbocycles. The van der Waals surface area contributed by atoms with Gasteiger partial charge in [0.2, 0.25) is 0 Å². The average Bonchev–Trinajstić information content (AvgIpc) is 3.09. The summed E-state index contributed by atoms with van der Waals surface area (Å²) in [6.45, 7) is 6.15. The summed E-state index contributed by atoms with van der Waals surface area (Å²) in [4.78, 5) is 17.1. The van der Waals surface area contributed by atoms with Crippen LogP contribution in [0.2, 0.25) is 0 Å². The summed E-state index contributed by atoms with van der Waals surface area (Å²) in [6.07, 6.45) is 0. The lowest BCUT2D eigenvalue weighted by Crippen LogP contribution is -2.48. The highest BCUT2D eigenvalue weighted by molar-refractivity contribution is 6.61. The zero-order chi connectivity index (χ0) is 20.2. The van der Waals surface area contributed by atoms with Crippen molar-refractivity contribution in [1.82, 2.24) is 15.1 Å². The van der Waals surface area contributed by atoms with E-state index in [4.69, 9.17) is 4.65 Å². The molecule has 152 valence electrons. The first kappa shape index (κ1) is 20.0. The van der Waals surface area contributed by atoms with Gasteiger partial charge >= 0.3 is 7.12 Å². The van der Waals surface area contributed by atoms with Crippen LogP contribution in [0.1, 0.15) is 21.5 Å². The highest BCUT2D eigenvalue weighted by Gasteiger charge is 2.30. The van der Waals surface area contributed by atoms with Gasteiger partial charge in [-0.15, -0.1) is 0 Å². The number of carbonyl (C=O) groups excluding carboxylic acids is 1. The molecule has 1 fully saturated rings. The lowest BCUT2D eigenvalue weighted by atomic mass is 9.78. The third-order valence-corrected chi connectivity index (χ3v) is 5.56. The summed E-state index contributed by atoms with van der Waals surface area (Å²) in [5.41, 5.74) is 2.31. The number of benzene rings is 2. The van der Waals surface area contributed by atoms with Gasteiger partial charge in [0, 0.05) is 45.8 Å². The quantitative estimate of drug-likeness (QED) is 0.699. The Labute approximate surface area is 170 Å². The van der Waals surface area contributed by atoms with E-state index in [0.29, 0.717) is 17.6 Å². The van der Waals surface area contributed by atoms with E-state index in [1.54, 1.807) is 0 Å². The minimum absolute atomic E-state index is 0.0546. The molecule has 0 aliphatic carbocycles. The van der Waals surface area contributed by atoms with Gasteiger partial charge in [-0.25, -0.2) is 4.39 Å². The molecule has 2 aliphatic rings. The summed E-state index contributed by atoms with van der Waals surface area (Å²) in [7, 11) is -1.09. The number of carbonyl (C=O) groups is 1. The fourth-order valence-electron chi connectivity index (χ4n) is 3.85. The van der Waals surface area contributed by atoms with Crippen LogP contribution < -0.4 is 10.8 Å². The number of halogens is 1. The van der Waals surface area contributed by atoms with Crippen molar-refractivity contribution >= 4 is 18.5 Å². The molecular formula is C21H25BFN3O3. The van der Waals surface area contributed by atoms with Crippen LogP contribution in [-0.4, -0.2) is 67.1 Å². The van der Waals surface area contributed by atoms with Gasteiger partial charge in [-0.3, -0.25) is 14.6 Å². The van der Waals surface area contributed by atoms with Crippen molar-refractivity contribution in [1.29, 1.82) is 0 Å². The van der Waals surface area contributed by atoms with Crippen LogP contribution in [0.15, 0.2) is 42.5 Å². The zero-order valence-corrected chi connectivity index (χ0v) is 16.3. The van der Waals surface area contributed by atoms with Crippen molar-refractivity contribution in [3.63, 3.8) is 0 Å². The molecular weight excluding hydrogens is 372 g/mol. The molecule has 2 aromatic rings. The molecule has 1 amide bonds. The summed E-state index contributed by atoms with van der Waals surface area (Å²) in [6, 6.07) is 13.1. The van der Waals surface area contributed by atoms with Gasteiger partial charge in [-0.2, -0.15) is 0 Å². The summed E-state index contributed by atoms with van der Waals surface area (Å²) >= 11 is 0. The standard InChI is InChI=1S/C21H25BFN3O3/c23-20-12-17-15-29-22(28)19(17)13-18(20)21(27)24-6-7-25-8-10-26(11-9-25)14-16-4-2-1-3-5-16/h1-5,12-13,28H,6-11,14-15H2,(H,24,27). The number of nitrogens with one attached hydrogen (secondary N) is 1. The Kier molecular flexibility index (Phi) is 6.25. The molecule has 29 heavy (non-hydrogen) atoms. The third-order valence-electron chi connectivity index (χ3n) is 5.56. The van der Waals surface area contributed by atoms with Crippen molar-refractivity contribution in [2.75, 3.05) is 39.3 Å². The number of fused-ring (bicyclic) bond motifs is 1. The summed E-state index contributed by atoms with van der Waals surface area (Å²) in [5.74, 6) is -1.06. The Morgan fingerprint density at radius 1 is 1.14 bits per heavy atom. The Bertz CT molecular complexity index is 860. The SMILES string of the molecule is O=C(NCCN1CCN(Cc2ccccc2)CC1)c1cc2c(cc1F)COB2O. The molecule has 6 nitrogen and oxygen atoms in total. The molecule has 4 rings (SSSR count). The average molecular weight is 397 g/mol. The van der Waals surface area contributed by atoms with Crippen molar-refractivity contribution in [3.8, 4) is 0 Å². The second-order valence-corrected chi connectivity index (χ2v) is 7.55. The monoisotopic (exact) mass is 397 g/mol. The first-order valence-electron chi connectivity index (χ1n) is 9.99. The minimum atomic E-state index is -1.09. The zero-order valence-electron chi connectivity index (χ0n) is 16.3. The molecule has 1 saturated heterocycles. The van der Waals surface area contributed by atoms with Crippen LogP contribution in [0, 0.1) is 5.82 Å². The molecule has 0 aromatic heterocycles. The Hall–Kier alpha value is -2.26. The van der Waals surface area contributed by atoms with Crippen molar-refractivity contribution < 1.29 is 18.9 Å². The molecule has 8 heteroatoms. The number of rotatable bonds is 6. The van der Waals surface area contributed by atoms with E-state index in [9.17, 15) is 14.2 Å². The van der Waals surface area contributed by atoms with Crippen molar-refractivity contribution in [2.45, 2.75) is 13.2 Å². The van der Waals surface area contributed by atoms with Crippen molar-refractivity contribution in [2.24, 2.45) is 0 Å². The van der Waals surface area contributed by atoms with Crippen molar-refractivity contribution in [3.05, 3.63) is 65.0 Å². The van der Waals surface area contributed by atoms with Crippen LogP contribution in [-0.2, 0) is 17.8 Å². The highest BCUT2D eigenvalue weighted by Crippen LogP contribution is 2.15. The second-order valence-electron chi connectivity index (χ2n) is 7.55. The van der Waals surface area contributed by atoms with Crippen LogP contribution in [0.4, 0.5) is 4.39 Å². The molecule has 0 unspecified atom stereocenters. The first-order chi connectivity index (χ1) is 14.1. The maximum atomic E-state index is 14.2. The lowest BCUT2D eigenvalue weighted by molar-refractivity contribution is 0.0930. The van der Waals surface area contributed by atoms with Gasteiger partial charge in [0.15, 0.2) is 0 Å². The van der Waals surface area contributed by atoms with Crippen LogP contribution in [0.5, 0.6) is 0 Å². The highest BCUT2D eigenvalue weighted by atomic mass is 19.1. The molecule has 2 heterocycles. The molecule has 0 saturated carbocycles. The number of piperazine rings is 1. The van der Waals surface area contributed by atoms with Gasteiger partial charge in [0.1, 0.15) is 5.82 Å². The molecule has 0 bridgehead atoms. The Morgan fingerprint density at radius 3 is 2.62 bits per heavy atom. The maximum absolute atomic E-state index is 14.2. The van der Waals surface area contributed by atoms with Gasteiger partial charge in [-0.05, 0) is 28.7 Å². The van der Waals surface area contributed by atoms with Gasteiger partial charge in [-0.1, -0.05) is 30.3 Å². The smallest absolute Gasteiger partial charge is 0.423 e. The molecule has 0 spiro atoms. The number of nitrogens with zero attached hydrogens (tertiary/aromatic N) is 2. The Morgan fingerprint density at radius 2 is 1.86 bits per heavy atom. The first-order valence-corrected chi connectivity index (χ1v) is 9.99. The van der Waals surface area contributed by atoms with E-state index in [0.717, 1.165) is 39.3 Å².